The fraction of sp³-hybridized carbons (Fsp3) is 0.0714. The molecule has 7 heteroatoms. The topological polar surface area (TPSA) is 91.9 Å². The molecule has 0 saturated heterocycles. The van der Waals surface area contributed by atoms with E-state index < -0.39 is 17.4 Å². The first-order valence-corrected chi connectivity index (χ1v) is 6.87. The molecule has 3 rings (SSSR count). The van der Waals surface area contributed by atoms with Crippen molar-refractivity contribution in [3.05, 3.63) is 44.4 Å². The number of allylic oxidation sites excluding steroid dienone is 1. The zero-order chi connectivity index (χ0) is 15.0. The van der Waals surface area contributed by atoms with E-state index in [1.165, 1.54) is 0 Å². The Hall–Kier alpha value is -2.67. The molecule has 0 fully saturated rings. The van der Waals surface area contributed by atoms with Crippen molar-refractivity contribution in [2.75, 3.05) is 0 Å². The molecule has 1 aliphatic rings. The molecule has 0 spiro atoms. The van der Waals surface area contributed by atoms with Gasteiger partial charge >= 0.3 is 10.8 Å². The third kappa shape index (κ3) is 2.38. The van der Waals surface area contributed by atoms with Gasteiger partial charge in [0.15, 0.2) is 0 Å². The van der Waals surface area contributed by atoms with Gasteiger partial charge in [0.2, 0.25) is 5.88 Å². The normalized spacial score (nSPS) is 14.6. The number of aromatic nitrogens is 1. The van der Waals surface area contributed by atoms with Crippen molar-refractivity contribution in [3.63, 3.8) is 0 Å². The first-order chi connectivity index (χ1) is 10.1. The maximum Gasteiger partial charge on any atom is 0.323 e. The quantitative estimate of drug-likeness (QED) is 0.906. The van der Waals surface area contributed by atoms with Crippen LogP contribution < -0.4 is 4.87 Å². The van der Waals surface area contributed by atoms with Crippen LogP contribution in [0.1, 0.15) is 10.4 Å². The summed E-state index contributed by atoms with van der Waals surface area (Å²) in [5.41, 5.74) is 2.49. The molecule has 0 amide bonds. The van der Waals surface area contributed by atoms with Gasteiger partial charge in [-0.15, -0.1) is 0 Å². The van der Waals surface area contributed by atoms with Gasteiger partial charge in [0.25, 0.3) is 0 Å². The number of aromatic hydroxyl groups is 1. The lowest BCUT2D eigenvalue weighted by Crippen LogP contribution is -2.18. The summed E-state index contributed by atoms with van der Waals surface area (Å²) >= 11 is 0.801. The minimum absolute atomic E-state index is 0.319. The zero-order valence-corrected chi connectivity index (χ0v) is 11.5. The van der Waals surface area contributed by atoms with E-state index in [1.807, 2.05) is 24.3 Å². The smallest absolute Gasteiger partial charge is 0.323 e. The van der Waals surface area contributed by atoms with Crippen molar-refractivity contribution in [2.24, 2.45) is 4.99 Å². The highest BCUT2D eigenvalue weighted by atomic mass is 32.1. The van der Waals surface area contributed by atoms with Gasteiger partial charge < -0.3 is 10.2 Å². The van der Waals surface area contributed by atoms with E-state index in [0.717, 1.165) is 32.7 Å². The molecular weight excluding hydrogens is 292 g/mol. The summed E-state index contributed by atoms with van der Waals surface area (Å²) in [7, 11) is 0. The number of benzene rings is 1. The van der Waals surface area contributed by atoms with Crippen LogP contribution in [-0.4, -0.2) is 27.0 Å². The van der Waals surface area contributed by atoms with Crippen molar-refractivity contribution < 1.29 is 15.0 Å². The molecule has 2 aromatic rings. The summed E-state index contributed by atoms with van der Waals surface area (Å²) < 4.78 is 0.831. The lowest BCUT2D eigenvalue weighted by Gasteiger charge is -2.00. The van der Waals surface area contributed by atoms with Gasteiger partial charge in [-0.2, -0.15) is 0 Å². The Balaban J connectivity index is 2.04. The summed E-state index contributed by atoms with van der Waals surface area (Å²) in [5.74, 6) is -1.52. The SMILES string of the molecule is O=C(O)Cn1c(O)c(C=C2C=Nc3ccccc32)sc1=O. The molecule has 0 aliphatic carbocycles. The first kappa shape index (κ1) is 13.3. The number of hydrogen-bond donors (Lipinski definition) is 2. The highest BCUT2D eigenvalue weighted by molar-refractivity contribution is 7.10. The number of carbonyl (C=O) groups is 1. The Morgan fingerprint density at radius 3 is 2.90 bits per heavy atom. The Kier molecular flexibility index (Phi) is 3.19. The van der Waals surface area contributed by atoms with Crippen molar-refractivity contribution in [3.8, 4) is 5.88 Å². The van der Waals surface area contributed by atoms with Crippen LogP contribution in [0.4, 0.5) is 5.69 Å². The molecule has 0 bridgehead atoms. The molecule has 6 nitrogen and oxygen atoms in total. The number of fused-ring (bicyclic) bond motifs is 1. The molecule has 0 unspecified atom stereocenters. The molecule has 0 radical (unpaired) electrons. The molecule has 21 heavy (non-hydrogen) atoms. The van der Waals surface area contributed by atoms with Crippen LogP contribution in [0.3, 0.4) is 0 Å². The second-order valence-corrected chi connectivity index (χ2v) is 5.40. The fourth-order valence-corrected chi connectivity index (χ4v) is 2.91. The van der Waals surface area contributed by atoms with Crippen LogP contribution in [0.5, 0.6) is 5.88 Å². The highest BCUT2D eigenvalue weighted by Gasteiger charge is 2.17. The molecule has 0 saturated carbocycles. The number of aliphatic imine (C=N–C) groups is 1. The number of nitrogens with zero attached hydrogens (tertiary/aromatic N) is 2. The maximum atomic E-state index is 11.7. The molecule has 2 N–H and O–H groups in total. The average molecular weight is 302 g/mol. The second kappa shape index (κ2) is 5.02. The van der Waals surface area contributed by atoms with Crippen LogP contribution in [-0.2, 0) is 11.3 Å². The Morgan fingerprint density at radius 2 is 2.14 bits per heavy atom. The van der Waals surface area contributed by atoms with Gasteiger partial charge in [0, 0.05) is 17.4 Å². The summed E-state index contributed by atoms with van der Waals surface area (Å²) in [4.78, 5) is 26.4. The van der Waals surface area contributed by atoms with Crippen molar-refractivity contribution in [2.45, 2.75) is 6.54 Å². The number of rotatable bonds is 3. The monoisotopic (exact) mass is 302 g/mol. The summed E-state index contributed by atoms with van der Waals surface area (Å²) in [6.45, 7) is -0.560. The lowest BCUT2D eigenvalue weighted by atomic mass is 10.1. The molecule has 0 atom stereocenters. The molecule has 1 aliphatic heterocycles. The highest BCUT2D eigenvalue weighted by Crippen LogP contribution is 2.34. The summed E-state index contributed by atoms with van der Waals surface area (Å²) in [6.07, 6.45) is 3.28. The fourth-order valence-electron chi connectivity index (χ4n) is 2.08. The van der Waals surface area contributed by atoms with Crippen LogP contribution in [0.15, 0.2) is 34.1 Å². The van der Waals surface area contributed by atoms with Crippen LogP contribution in [0, 0.1) is 0 Å². The van der Waals surface area contributed by atoms with Crippen molar-refractivity contribution in [1.82, 2.24) is 4.57 Å². The minimum Gasteiger partial charge on any atom is -0.493 e. The third-order valence-electron chi connectivity index (χ3n) is 3.03. The van der Waals surface area contributed by atoms with E-state index in [-0.39, 0.29) is 5.88 Å². The predicted molar refractivity (Wildman–Crippen MR) is 80.3 cm³/mol. The number of hydrogen-bond acceptors (Lipinski definition) is 5. The van der Waals surface area contributed by atoms with E-state index in [1.54, 1.807) is 12.3 Å². The summed E-state index contributed by atoms with van der Waals surface area (Å²) in [5, 5.41) is 18.7. The van der Waals surface area contributed by atoms with E-state index in [9.17, 15) is 14.7 Å². The van der Waals surface area contributed by atoms with E-state index in [2.05, 4.69) is 4.99 Å². The van der Waals surface area contributed by atoms with Crippen LogP contribution >= 0.6 is 11.3 Å². The number of carboxylic acid groups (broad SMARTS) is 1. The molecular formula is C14H10N2O4S. The largest absolute Gasteiger partial charge is 0.493 e. The van der Waals surface area contributed by atoms with Gasteiger partial charge in [-0.1, -0.05) is 29.5 Å². The predicted octanol–water partition coefficient (Wildman–Crippen LogP) is 1.96. The number of thiazole rings is 1. The van der Waals surface area contributed by atoms with E-state index >= 15 is 0 Å². The standard InChI is InChI=1S/C14H10N2O4S/c17-12(18)7-16-13(19)11(21-14(16)20)5-8-6-15-10-4-2-1-3-9(8)10/h1-6,19H,7H2,(H,17,18). The average Bonchev–Trinajstić information content (AvgIpc) is 2.96. The van der Waals surface area contributed by atoms with E-state index in [0.29, 0.717) is 4.88 Å². The Labute approximate surface area is 122 Å². The molecule has 2 heterocycles. The number of para-hydroxylation sites is 1. The number of carboxylic acids is 1. The Bertz CT molecular complexity index is 845. The summed E-state index contributed by atoms with van der Waals surface area (Å²) in [6, 6.07) is 7.50. The number of aliphatic carboxylic acids is 1. The first-order valence-electron chi connectivity index (χ1n) is 6.06. The lowest BCUT2D eigenvalue weighted by molar-refractivity contribution is -0.137. The van der Waals surface area contributed by atoms with Gasteiger partial charge in [0.1, 0.15) is 6.54 Å². The van der Waals surface area contributed by atoms with Gasteiger partial charge in [-0.3, -0.25) is 19.1 Å². The zero-order valence-electron chi connectivity index (χ0n) is 10.7. The minimum atomic E-state index is -1.18. The van der Waals surface area contributed by atoms with Crippen LogP contribution in [0.2, 0.25) is 0 Å². The molecule has 1 aromatic heterocycles. The molecule has 106 valence electrons. The van der Waals surface area contributed by atoms with Gasteiger partial charge in [-0.25, -0.2) is 0 Å². The Morgan fingerprint density at radius 1 is 1.38 bits per heavy atom. The van der Waals surface area contributed by atoms with Crippen molar-refractivity contribution in [1.29, 1.82) is 0 Å². The van der Waals surface area contributed by atoms with Gasteiger partial charge in [-0.05, 0) is 12.1 Å². The van der Waals surface area contributed by atoms with Crippen LogP contribution in [0.25, 0.3) is 11.6 Å². The third-order valence-corrected chi connectivity index (χ3v) is 3.95. The van der Waals surface area contributed by atoms with Gasteiger partial charge in [0.05, 0.1) is 10.6 Å². The van der Waals surface area contributed by atoms with Crippen molar-refractivity contribution >= 4 is 40.9 Å². The molecule has 1 aromatic carbocycles. The second-order valence-electron chi connectivity index (χ2n) is 4.41. The maximum absolute atomic E-state index is 11.7. The van der Waals surface area contributed by atoms with E-state index in [4.69, 9.17) is 5.11 Å².